The largest absolute Gasteiger partial charge is 0.382 e. The van der Waals surface area contributed by atoms with E-state index in [0.29, 0.717) is 0 Å². The van der Waals surface area contributed by atoms with Crippen LogP contribution >= 0.6 is 0 Å². The van der Waals surface area contributed by atoms with E-state index >= 15 is 0 Å². The highest BCUT2D eigenvalue weighted by Crippen LogP contribution is 2.14. The summed E-state index contributed by atoms with van der Waals surface area (Å²) < 4.78 is 0. The molecule has 0 aliphatic rings. The zero-order valence-corrected chi connectivity index (χ0v) is 7.23. The molecule has 3 rings (SSSR count). The van der Waals surface area contributed by atoms with Gasteiger partial charge in [-0.2, -0.15) is 24.3 Å². The van der Waals surface area contributed by atoms with Gasteiger partial charge in [-0.1, -0.05) is 12.4 Å². The van der Waals surface area contributed by atoms with E-state index in [2.05, 4.69) is 27.1 Å². The quantitative estimate of drug-likeness (QED) is 0.390. The summed E-state index contributed by atoms with van der Waals surface area (Å²) in [4.78, 5) is 12.7. The first-order valence-corrected chi connectivity index (χ1v) is 4.23. The number of rotatable bonds is 0. The molecule has 0 spiro atoms. The van der Waals surface area contributed by atoms with Crippen LogP contribution in [0.5, 0.6) is 0 Å². The number of nitrogens with zero attached hydrogens (tertiary/aromatic N) is 3. The maximum Gasteiger partial charge on any atom is -0.0275 e. The summed E-state index contributed by atoms with van der Waals surface area (Å²) in [6.07, 6.45) is 3.39. The van der Waals surface area contributed by atoms with Gasteiger partial charge in [0.2, 0.25) is 0 Å². The lowest BCUT2D eigenvalue weighted by molar-refractivity contribution is 1.33. The van der Waals surface area contributed by atoms with Crippen LogP contribution < -0.4 is 0 Å². The van der Waals surface area contributed by atoms with Gasteiger partial charge in [-0.25, -0.2) is 0 Å². The Morgan fingerprint density at radius 1 is 0.857 bits per heavy atom. The van der Waals surface area contributed by atoms with Crippen molar-refractivity contribution in [2.24, 2.45) is 0 Å². The van der Waals surface area contributed by atoms with Gasteiger partial charge < -0.3 is 9.97 Å². The van der Waals surface area contributed by atoms with Crippen molar-refractivity contribution in [2.75, 3.05) is 0 Å². The van der Waals surface area contributed by atoms with E-state index in [1.54, 1.807) is 24.5 Å². The van der Waals surface area contributed by atoms with E-state index < -0.39 is 0 Å². The smallest absolute Gasteiger partial charge is 0.0275 e. The van der Waals surface area contributed by atoms with Gasteiger partial charge >= 0.3 is 0 Å². The molecule has 0 radical (unpaired) electrons. The lowest BCUT2D eigenvalue weighted by Gasteiger charge is -2.09. The van der Waals surface area contributed by atoms with Crippen LogP contribution in [0.4, 0.5) is 0 Å². The van der Waals surface area contributed by atoms with Crippen LogP contribution in [-0.4, -0.2) is 15.0 Å². The van der Waals surface area contributed by atoms with Crippen LogP contribution in [0.15, 0.2) is 30.6 Å². The molecule has 3 aromatic heterocycles. The third-order valence-corrected chi connectivity index (χ3v) is 2.00. The lowest BCUT2D eigenvalue weighted by Crippen LogP contribution is -1.86. The number of pyridine rings is 3. The fraction of sp³-hybridized carbons (Fsp3) is 0. The highest BCUT2D eigenvalue weighted by molar-refractivity contribution is 5.87. The highest BCUT2D eigenvalue weighted by atomic mass is 14.8. The van der Waals surface area contributed by atoms with Gasteiger partial charge in [0, 0.05) is 0 Å². The fourth-order valence-corrected chi connectivity index (χ4v) is 1.37. The molecular formula is C11H5N3-2. The van der Waals surface area contributed by atoms with Gasteiger partial charge in [-0.3, -0.25) is 4.98 Å². The van der Waals surface area contributed by atoms with Crippen LogP contribution in [0.25, 0.3) is 22.1 Å². The van der Waals surface area contributed by atoms with Crippen molar-refractivity contribution in [3.05, 3.63) is 42.7 Å². The molecule has 3 heterocycles. The van der Waals surface area contributed by atoms with E-state index in [1.807, 2.05) is 6.07 Å². The Labute approximate surface area is 80.5 Å². The normalized spacial score (nSPS) is 10.9. The zero-order valence-electron chi connectivity index (χ0n) is 7.23. The molecule has 3 heteroatoms. The Kier molecular flexibility index (Phi) is 1.44. The predicted octanol–water partition coefficient (Wildman–Crippen LogP) is 1.78. The molecule has 3 aromatic rings. The van der Waals surface area contributed by atoms with Crippen molar-refractivity contribution < 1.29 is 0 Å². The van der Waals surface area contributed by atoms with Crippen molar-refractivity contribution in [1.29, 1.82) is 0 Å². The molecule has 0 aliphatic heterocycles. The van der Waals surface area contributed by atoms with E-state index in [1.165, 1.54) is 0 Å². The van der Waals surface area contributed by atoms with Crippen LogP contribution in [0.1, 0.15) is 0 Å². The maximum atomic E-state index is 4.34. The summed E-state index contributed by atoms with van der Waals surface area (Å²) in [6.45, 7) is 0. The lowest BCUT2D eigenvalue weighted by atomic mass is 10.2. The van der Waals surface area contributed by atoms with Gasteiger partial charge in [0.25, 0.3) is 0 Å². The first kappa shape index (κ1) is 7.38. The van der Waals surface area contributed by atoms with E-state index in [4.69, 9.17) is 0 Å². The summed E-state index contributed by atoms with van der Waals surface area (Å²) >= 11 is 0. The van der Waals surface area contributed by atoms with Crippen LogP contribution in [0, 0.1) is 12.1 Å². The minimum atomic E-state index is 0.754. The van der Waals surface area contributed by atoms with Gasteiger partial charge in [0.1, 0.15) is 0 Å². The molecule has 0 amide bonds. The number of fused-ring (bicyclic) bond motifs is 2. The first-order chi connectivity index (χ1) is 6.93. The second kappa shape index (κ2) is 2.73. The van der Waals surface area contributed by atoms with Crippen molar-refractivity contribution >= 4 is 22.1 Å². The van der Waals surface area contributed by atoms with Crippen molar-refractivity contribution in [3.63, 3.8) is 0 Å². The third-order valence-electron chi connectivity index (χ3n) is 2.00. The van der Waals surface area contributed by atoms with Gasteiger partial charge in [-0.05, 0) is 22.1 Å². The van der Waals surface area contributed by atoms with Gasteiger partial charge in [-0.15, -0.1) is 6.07 Å². The monoisotopic (exact) mass is 179 g/mol. The fourth-order valence-electron chi connectivity index (χ4n) is 1.37. The van der Waals surface area contributed by atoms with Crippen LogP contribution in [0.3, 0.4) is 0 Å². The summed E-state index contributed by atoms with van der Waals surface area (Å²) in [6, 6.07) is 11.4. The minimum absolute atomic E-state index is 0.754. The molecule has 3 nitrogen and oxygen atoms in total. The molecule has 0 saturated carbocycles. The van der Waals surface area contributed by atoms with Crippen molar-refractivity contribution in [1.82, 2.24) is 15.0 Å². The first-order valence-electron chi connectivity index (χ1n) is 4.23. The van der Waals surface area contributed by atoms with E-state index in [-0.39, 0.29) is 0 Å². The minimum Gasteiger partial charge on any atom is -0.382 e. The SMILES string of the molecule is [c-]1ccnc2cc3ncc[c-]c3nc12. The van der Waals surface area contributed by atoms with Gasteiger partial charge in [0.05, 0.1) is 0 Å². The Morgan fingerprint density at radius 2 is 1.43 bits per heavy atom. The maximum absolute atomic E-state index is 4.34. The van der Waals surface area contributed by atoms with Crippen LogP contribution in [-0.2, 0) is 0 Å². The number of hydrogen-bond donors (Lipinski definition) is 0. The summed E-state index contributed by atoms with van der Waals surface area (Å²) in [5.74, 6) is 0. The van der Waals surface area contributed by atoms with E-state index in [9.17, 15) is 0 Å². The van der Waals surface area contributed by atoms with Gasteiger partial charge in [0.15, 0.2) is 0 Å². The standard InChI is InChI=1S/C11H5N3/c1-3-8-10(12-5-1)7-11-9(14-8)4-2-6-13-11/h1-2,5-7H/q-2. The molecule has 0 atom stereocenters. The Morgan fingerprint density at radius 3 is 2.00 bits per heavy atom. The zero-order chi connectivity index (χ0) is 9.38. The predicted molar refractivity (Wildman–Crippen MR) is 52.5 cm³/mol. The summed E-state index contributed by atoms with van der Waals surface area (Å²) in [7, 11) is 0. The second-order valence-electron chi connectivity index (χ2n) is 2.90. The Hall–Kier alpha value is -2.03. The molecule has 0 N–H and O–H groups in total. The second-order valence-corrected chi connectivity index (χ2v) is 2.90. The molecule has 66 valence electrons. The summed E-state index contributed by atoms with van der Waals surface area (Å²) in [5.41, 5.74) is 3.13. The molecule has 0 saturated heterocycles. The topological polar surface area (TPSA) is 38.7 Å². The van der Waals surface area contributed by atoms with E-state index in [0.717, 1.165) is 22.1 Å². The Balaban J connectivity index is 2.52. The average molecular weight is 179 g/mol. The number of aromatic nitrogens is 3. The molecule has 0 unspecified atom stereocenters. The molecule has 0 aliphatic carbocycles. The number of hydrogen-bond acceptors (Lipinski definition) is 3. The Bertz CT molecular complexity index is 499. The van der Waals surface area contributed by atoms with Crippen LogP contribution in [0.2, 0.25) is 0 Å². The molecule has 0 fully saturated rings. The molecule has 0 aromatic carbocycles. The molecule has 14 heavy (non-hydrogen) atoms. The van der Waals surface area contributed by atoms with Crippen molar-refractivity contribution in [2.45, 2.75) is 0 Å². The molecule has 0 bridgehead atoms. The summed E-state index contributed by atoms with van der Waals surface area (Å²) in [5, 5.41) is 0. The third kappa shape index (κ3) is 1.03. The average Bonchev–Trinajstić information content (AvgIpc) is 2.26. The van der Waals surface area contributed by atoms with Crippen molar-refractivity contribution in [3.8, 4) is 0 Å². The molecular weight excluding hydrogens is 174 g/mol. The highest BCUT2D eigenvalue weighted by Gasteiger charge is 1.87.